The van der Waals surface area contributed by atoms with E-state index in [1.54, 1.807) is 7.11 Å². The Labute approximate surface area is 77.2 Å². The minimum atomic E-state index is 0.873. The van der Waals surface area contributed by atoms with Gasteiger partial charge in [-0.3, -0.25) is 4.98 Å². The summed E-state index contributed by atoms with van der Waals surface area (Å²) in [6.45, 7) is 1.99. The van der Waals surface area contributed by atoms with E-state index in [1.165, 1.54) is 5.39 Å². The Balaban J connectivity index is 2.66. The van der Waals surface area contributed by atoms with Crippen molar-refractivity contribution in [1.29, 1.82) is 0 Å². The van der Waals surface area contributed by atoms with Gasteiger partial charge in [-0.15, -0.1) is 0 Å². The van der Waals surface area contributed by atoms with E-state index in [4.69, 9.17) is 4.74 Å². The van der Waals surface area contributed by atoms with Crippen molar-refractivity contribution in [2.75, 3.05) is 7.11 Å². The van der Waals surface area contributed by atoms with E-state index in [0.717, 1.165) is 16.8 Å². The Morgan fingerprint density at radius 1 is 1.15 bits per heavy atom. The lowest BCUT2D eigenvalue weighted by Crippen LogP contribution is -1.84. The number of fused-ring (bicyclic) bond motifs is 1. The highest BCUT2D eigenvalue weighted by Crippen LogP contribution is 2.20. The molecule has 0 radical (unpaired) electrons. The molecule has 2 aromatic rings. The molecule has 1 heterocycles. The predicted molar refractivity (Wildman–Crippen MR) is 53.0 cm³/mol. The molecule has 66 valence electrons. The van der Waals surface area contributed by atoms with Gasteiger partial charge in [-0.05, 0) is 30.5 Å². The van der Waals surface area contributed by atoms with Gasteiger partial charge in [0.15, 0.2) is 0 Å². The normalized spacial score (nSPS) is 10.3. The zero-order valence-corrected chi connectivity index (χ0v) is 7.74. The summed E-state index contributed by atoms with van der Waals surface area (Å²) in [5.74, 6) is 0.873. The first-order valence-corrected chi connectivity index (χ1v) is 4.20. The number of hydrogen-bond donors (Lipinski definition) is 0. The van der Waals surface area contributed by atoms with Crippen molar-refractivity contribution in [3.8, 4) is 5.75 Å². The molecule has 0 N–H and O–H groups in total. The zero-order chi connectivity index (χ0) is 9.26. The molecule has 0 bridgehead atoms. The summed E-state index contributed by atoms with van der Waals surface area (Å²) in [4.78, 5) is 4.23. The molecule has 1 aromatic heterocycles. The van der Waals surface area contributed by atoms with Crippen molar-refractivity contribution < 1.29 is 4.74 Å². The van der Waals surface area contributed by atoms with Crippen molar-refractivity contribution in [3.05, 3.63) is 36.2 Å². The lowest BCUT2D eigenvalue weighted by Gasteiger charge is -2.02. The molecule has 0 saturated carbocycles. The van der Waals surface area contributed by atoms with Gasteiger partial charge in [-0.1, -0.05) is 6.07 Å². The summed E-state index contributed by atoms with van der Waals surface area (Å²) in [5, 5.41) is 2.32. The Morgan fingerprint density at radius 3 is 2.77 bits per heavy atom. The van der Waals surface area contributed by atoms with E-state index >= 15 is 0 Å². The van der Waals surface area contributed by atoms with Gasteiger partial charge in [0.25, 0.3) is 0 Å². The summed E-state index contributed by atoms with van der Waals surface area (Å²) in [6.07, 6.45) is 1.87. The highest BCUT2D eigenvalue weighted by Gasteiger charge is 1.96. The SMILES string of the molecule is COc1ccc2cc(C)ncc2c1. The number of benzene rings is 1. The fourth-order valence-electron chi connectivity index (χ4n) is 1.36. The Hall–Kier alpha value is -1.57. The molecule has 0 fully saturated rings. The topological polar surface area (TPSA) is 22.1 Å². The van der Waals surface area contributed by atoms with Crippen LogP contribution in [0.25, 0.3) is 10.8 Å². The molecule has 2 rings (SSSR count). The van der Waals surface area contributed by atoms with E-state index in [2.05, 4.69) is 11.1 Å². The van der Waals surface area contributed by atoms with Gasteiger partial charge in [0.2, 0.25) is 0 Å². The first-order valence-electron chi connectivity index (χ1n) is 4.20. The van der Waals surface area contributed by atoms with Gasteiger partial charge in [0, 0.05) is 17.3 Å². The standard InChI is InChI=1S/C11H11NO/c1-8-5-9-3-4-11(13-2)6-10(9)7-12-8/h3-7H,1-2H3. The van der Waals surface area contributed by atoms with E-state index < -0.39 is 0 Å². The fourth-order valence-corrected chi connectivity index (χ4v) is 1.36. The van der Waals surface area contributed by atoms with Gasteiger partial charge in [-0.25, -0.2) is 0 Å². The molecule has 13 heavy (non-hydrogen) atoms. The van der Waals surface area contributed by atoms with E-state index in [0.29, 0.717) is 0 Å². The molecule has 0 atom stereocenters. The summed E-state index contributed by atoms with van der Waals surface area (Å²) in [7, 11) is 1.67. The summed E-state index contributed by atoms with van der Waals surface area (Å²) in [6, 6.07) is 8.06. The van der Waals surface area contributed by atoms with Gasteiger partial charge in [0.1, 0.15) is 5.75 Å². The third-order valence-electron chi connectivity index (χ3n) is 2.07. The van der Waals surface area contributed by atoms with Crippen LogP contribution in [0.3, 0.4) is 0 Å². The Bertz CT molecular complexity index is 437. The molecular weight excluding hydrogens is 162 g/mol. The van der Waals surface area contributed by atoms with E-state index in [9.17, 15) is 0 Å². The van der Waals surface area contributed by atoms with Crippen molar-refractivity contribution >= 4 is 10.8 Å². The number of methoxy groups -OCH3 is 1. The third kappa shape index (κ3) is 1.47. The van der Waals surface area contributed by atoms with Crippen LogP contribution in [-0.4, -0.2) is 12.1 Å². The largest absolute Gasteiger partial charge is 0.497 e. The number of aryl methyl sites for hydroxylation is 1. The van der Waals surface area contributed by atoms with Crippen LogP contribution in [0.5, 0.6) is 5.75 Å². The van der Waals surface area contributed by atoms with Crippen molar-refractivity contribution in [3.63, 3.8) is 0 Å². The van der Waals surface area contributed by atoms with Crippen LogP contribution in [0.1, 0.15) is 5.69 Å². The number of rotatable bonds is 1. The smallest absolute Gasteiger partial charge is 0.119 e. The average molecular weight is 173 g/mol. The van der Waals surface area contributed by atoms with Crippen molar-refractivity contribution in [2.45, 2.75) is 6.92 Å². The highest BCUT2D eigenvalue weighted by molar-refractivity contribution is 5.83. The summed E-state index contributed by atoms with van der Waals surface area (Å²) >= 11 is 0. The van der Waals surface area contributed by atoms with Crippen LogP contribution < -0.4 is 4.74 Å². The Morgan fingerprint density at radius 2 is 2.00 bits per heavy atom. The van der Waals surface area contributed by atoms with Crippen molar-refractivity contribution in [1.82, 2.24) is 4.98 Å². The van der Waals surface area contributed by atoms with Crippen molar-refractivity contribution in [2.24, 2.45) is 0 Å². The second kappa shape index (κ2) is 3.05. The zero-order valence-electron chi connectivity index (χ0n) is 7.74. The molecule has 0 saturated heterocycles. The van der Waals surface area contributed by atoms with Crippen LogP contribution in [0.2, 0.25) is 0 Å². The second-order valence-electron chi connectivity index (χ2n) is 3.04. The molecule has 2 heteroatoms. The average Bonchev–Trinajstić information content (AvgIpc) is 2.17. The number of ether oxygens (including phenoxy) is 1. The lowest BCUT2D eigenvalue weighted by molar-refractivity contribution is 0.415. The van der Waals surface area contributed by atoms with Gasteiger partial charge in [-0.2, -0.15) is 0 Å². The molecule has 2 nitrogen and oxygen atoms in total. The molecule has 0 aliphatic heterocycles. The van der Waals surface area contributed by atoms with Gasteiger partial charge < -0.3 is 4.74 Å². The number of aromatic nitrogens is 1. The molecule has 0 unspecified atom stereocenters. The third-order valence-corrected chi connectivity index (χ3v) is 2.07. The number of nitrogens with zero attached hydrogens (tertiary/aromatic N) is 1. The van der Waals surface area contributed by atoms with Gasteiger partial charge in [0.05, 0.1) is 7.11 Å². The van der Waals surface area contributed by atoms with E-state index in [1.807, 2.05) is 31.3 Å². The number of hydrogen-bond acceptors (Lipinski definition) is 2. The maximum atomic E-state index is 5.12. The highest BCUT2D eigenvalue weighted by atomic mass is 16.5. The van der Waals surface area contributed by atoms with Crippen LogP contribution in [-0.2, 0) is 0 Å². The molecular formula is C11H11NO. The molecule has 0 spiro atoms. The maximum absolute atomic E-state index is 5.12. The van der Waals surface area contributed by atoms with Crippen LogP contribution in [0.4, 0.5) is 0 Å². The molecule has 1 aromatic carbocycles. The maximum Gasteiger partial charge on any atom is 0.119 e. The monoisotopic (exact) mass is 173 g/mol. The van der Waals surface area contributed by atoms with Gasteiger partial charge >= 0.3 is 0 Å². The van der Waals surface area contributed by atoms with Crippen LogP contribution in [0, 0.1) is 6.92 Å². The summed E-state index contributed by atoms with van der Waals surface area (Å²) < 4.78 is 5.12. The molecule has 0 aliphatic carbocycles. The first-order chi connectivity index (χ1) is 6.29. The fraction of sp³-hybridized carbons (Fsp3) is 0.182. The van der Waals surface area contributed by atoms with Crippen LogP contribution >= 0.6 is 0 Å². The number of pyridine rings is 1. The van der Waals surface area contributed by atoms with Crippen LogP contribution in [0.15, 0.2) is 30.5 Å². The molecule has 0 amide bonds. The quantitative estimate of drug-likeness (QED) is 0.661. The predicted octanol–water partition coefficient (Wildman–Crippen LogP) is 2.55. The van der Waals surface area contributed by atoms with E-state index in [-0.39, 0.29) is 0 Å². The summed E-state index contributed by atoms with van der Waals surface area (Å²) in [5.41, 5.74) is 1.04. The minimum Gasteiger partial charge on any atom is -0.497 e. The lowest BCUT2D eigenvalue weighted by atomic mass is 10.1. The molecule has 0 aliphatic rings. The second-order valence-corrected chi connectivity index (χ2v) is 3.04. The minimum absolute atomic E-state index is 0.873. The first kappa shape index (κ1) is 8.05. The Kier molecular flexibility index (Phi) is 1.89.